The van der Waals surface area contributed by atoms with Gasteiger partial charge in [-0.25, -0.2) is 9.64 Å². The van der Waals surface area contributed by atoms with Crippen molar-refractivity contribution in [3.63, 3.8) is 0 Å². The van der Waals surface area contributed by atoms with Crippen molar-refractivity contribution in [3.05, 3.63) is 63.8 Å². The number of carbonyl (C=O) groups is 3. The summed E-state index contributed by atoms with van der Waals surface area (Å²) in [4.78, 5) is 42.1. The molecule has 2 aliphatic rings. The number of hydrogen-bond acceptors (Lipinski definition) is 6. The first-order chi connectivity index (χ1) is 20.4. The molecule has 4 amide bonds. The minimum Gasteiger partial charge on any atom is -0.378 e. The number of nitrogens with one attached hydrogen (secondary N) is 4. The summed E-state index contributed by atoms with van der Waals surface area (Å²) in [6.07, 6.45) is 4.71. The van der Waals surface area contributed by atoms with Gasteiger partial charge in [0.25, 0.3) is 0 Å². The van der Waals surface area contributed by atoms with Crippen LogP contribution in [0.1, 0.15) is 38.2 Å². The Hall–Kier alpha value is -4.24. The highest BCUT2D eigenvalue weighted by molar-refractivity contribution is 8.00. The lowest BCUT2D eigenvalue weighted by Gasteiger charge is -2.16. The number of allylic oxidation sites excluding steroid dienone is 1. The summed E-state index contributed by atoms with van der Waals surface area (Å²) in [5.74, 6) is 0.689. The molecule has 2 aromatic carbocycles. The number of rotatable bonds is 14. The van der Waals surface area contributed by atoms with Crippen LogP contribution in [0.25, 0.3) is 31.6 Å². The molecule has 0 radical (unpaired) electrons. The average Bonchev–Trinajstić information content (AvgIpc) is 3.53. The molecule has 4 rings (SSSR count). The van der Waals surface area contributed by atoms with Crippen LogP contribution in [0, 0.1) is 6.57 Å². The predicted molar refractivity (Wildman–Crippen MR) is 163 cm³/mol. The summed E-state index contributed by atoms with van der Waals surface area (Å²) in [5.41, 5.74) is 10.9. The molecule has 2 heterocycles. The maximum Gasteiger partial charge on any atom is 0.315 e. The number of urea groups is 1. The lowest BCUT2D eigenvalue weighted by atomic mass is 10.0. The van der Waals surface area contributed by atoms with Gasteiger partial charge in [-0.15, -0.1) is 0 Å². The number of benzene rings is 2. The summed E-state index contributed by atoms with van der Waals surface area (Å²) in [6, 6.07) is 9.31. The quantitative estimate of drug-likeness (QED) is 0.0476. The van der Waals surface area contributed by atoms with Gasteiger partial charge >= 0.3 is 6.03 Å². The minimum atomic E-state index is -0.247. The zero-order valence-corrected chi connectivity index (χ0v) is 24.2. The summed E-state index contributed by atoms with van der Waals surface area (Å²) < 4.78 is 5.52. The first-order valence-corrected chi connectivity index (χ1v) is 14.9. The Morgan fingerprint density at radius 3 is 2.76 bits per heavy atom. The molecule has 0 bridgehead atoms. The third kappa shape index (κ3) is 8.39. The van der Waals surface area contributed by atoms with E-state index in [4.69, 9.17) is 16.8 Å². The van der Waals surface area contributed by atoms with Crippen molar-refractivity contribution in [1.82, 2.24) is 21.3 Å². The summed E-state index contributed by atoms with van der Waals surface area (Å²) in [7, 11) is 0. The molecule has 3 atom stereocenters. The molecule has 0 aliphatic carbocycles. The third-order valence-electron chi connectivity index (χ3n) is 7.20. The molecule has 4 N–H and O–H groups in total. The van der Waals surface area contributed by atoms with Gasteiger partial charge in [-0.2, -0.15) is 11.8 Å². The van der Waals surface area contributed by atoms with Crippen molar-refractivity contribution < 1.29 is 19.1 Å². The molecule has 2 aromatic rings. The van der Waals surface area contributed by atoms with Crippen molar-refractivity contribution in [1.29, 1.82) is 0 Å². The topological polar surface area (TPSA) is 162 Å². The third-order valence-corrected chi connectivity index (χ3v) is 8.71. The second-order valence-corrected chi connectivity index (χ2v) is 11.4. The Bertz CT molecular complexity index is 1450. The number of azide groups is 1. The molecule has 12 nitrogen and oxygen atoms in total. The smallest absolute Gasteiger partial charge is 0.315 e. The van der Waals surface area contributed by atoms with Gasteiger partial charge in [0, 0.05) is 47.2 Å². The van der Waals surface area contributed by atoms with Crippen molar-refractivity contribution in [2.45, 2.75) is 49.9 Å². The van der Waals surface area contributed by atoms with Crippen LogP contribution < -0.4 is 21.3 Å². The van der Waals surface area contributed by atoms with Gasteiger partial charge in [0.15, 0.2) is 5.69 Å². The molecular weight excluding hydrogens is 556 g/mol. The van der Waals surface area contributed by atoms with Crippen LogP contribution in [0.4, 0.5) is 16.2 Å². The molecular formula is C29H34N8O4S. The van der Waals surface area contributed by atoms with Gasteiger partial charge in [0.1, 0.15) is 0 Å². The van der Waals surface area contributed by atoms with Crippen molar-refractivity contribution in [2.24, 2.45) is 5.11 Å². The van der Waals surface area contributed by atoms with E-state index in [2.05, 4.69) is 36.1 Å². The molecule has 220 valence electrons. The zero-order valence-electron chi connectivity index (χ0n) is 23.4. The molecule has 0 saturated carbocycles. The number of ether oxygens (including phenoxy) is 1. The van der Waals surface area contributed by atoms with E-state index in [1.807, 2.05) is 36.9 Å². The summed E-state index contributed by atoms with van der Waals surface area (Å²) >= 11 is 1.88. The largest absolute Gasteiger partial charge is 0.378 e. The Balaban J connectivity index is 1.07. The van der Waals surface area contributed by atoms with Gasteiger partial charge in [-0.05, 0) is 59.3 Å². The molecule has 0 spiro atoms. The maximum atomic E-state index is 12.4. The predicted octanol–water partition coefficient (Wildman–Crippen LogP) is 4.71. The Morgan fingerprint density at radius 1 is 1.17 bits per heavy atom. The molecule has 2 aliphatic heterocycles. The number of carbonyl (C=O) groups excluding carboxylic acids is 3. The standard InChI is InChI=1S/C29H34N8O4S/c1-18(19-7-8-20-15-23(36-37-30)22(31-2)16-21(20)14-19)13-27(39)33-10-12-41-11-9-32-26(38)6-4-3-5-25-28-24(17-42-25)34-29(40)35-28/h7-8,13-16,24-25,28H,3-6,9-12,17H2,1H3,(H,32,38)(H,33,39)(H2,34,35,40)/b18-13+/t24-,25-,28-/m0/s1. The van der Waals surface area contributed by atoms with Gasteiger partial charge in [0.2, 0.25) is 11.8 Å². The number of hydrogen-bond donors (Lipinski definition) is 4. The van der Waals surface area contributed by atoms with E-state index in [0.29, 0.717) is 38.0 Å². The first kappa shape index (κ1) is 30.7. The van der Waals surface area contributed by atoms with E-state index in [9.17, 15) is 14.4 Å². The second kappa shape index (κ2) is 15.1. The van der Waals surface area contributed by atoms with Gasteiger partial charge in [-0.3, -0.25) is 9.59 Å². The summed E-state index contributed by atoms with van der Waals surface area (Å²) in [5, 5.41) is 17.2. The fourth-order valence-corrected chi connectivity index (χ4v) is 6.58. The van der Waals surface area contributed by atoms with Gasteiger partial charge in [-0.1, -0.05) is 29.7 Å². The van der Waals surface area contributed by atoms with Gasteiger partial charge in [0.05, 0.1) is 31.9 Å². The number of thioether (sulfide) groups is 1. The molecule has 0 aromatic heterocycles. The van der Waals surface area contributed by atoms with Crippen LogP contribution >= 0.6 is 11.8 Å². The fourth-order valence-electron chi connectivity index (χ4n) is 5.04. The summed E-state index contributed by atoms with van der Waals surface area (Å²) in [6.45, 7) is 10.6. The second-order valence-electron chi connectivity index (χ2n) is 10.2. The Labute approximate surface area is 248 Å². The number of nitrogens with zero attached hydrogens (tertiary/aromatic N) is 4. The maximum absolute atomic E-state index is 12.4. The van der Waals surface area contributed by atoms with Crippen LogP contribution in [0.5, 0.6) is 0 Å². The van der Waals surface area contributed by atoms with Crippen molar-refractivity contribution in [3.8, 4) is 0 Å². The van der Waals surface area contributed by atoms with Crippen molar-refractivity contribution >= 4 is 57.3 Å². The average molecular weight is 591 g/mol. The first-order valence-electron chi connectivity index (χ1n) is 13.9. The highest BCUT2D eigenvalue weighted by Gasteiger charge is 2.42. The number of unbranched alkanes of at least 4 members (excludes halogenated alkanes) is 1. The van der Waals surface area contributed by atoms with Crippen LogP contribution in [0.2, 0.25) is 0 Å². The van der Waals surface area contributed by atoms with Crippen LogP contribution in [0.15, 0.2) is 41.5 Å². The number of fused-ring (bicyclic) bond motifs is 2. The molecule has 2 saturated heterocycles. The van der Waals surface area contributed by atoms with Gasteiger partial charge < -0.3 is 26.0 Å². The Morgan fingerprint density at radius 2 is 1.98 bits per heavy atom. The molecule has 0 unspecified atom stereocenters. The SMILES string of the molecule is [C-]#[N+]c1cc2cc(/C(C)=C/C(=O)NCCOCCNC(=O)CCCC[C@@H]3SC[C@@H]4NC(=O)N[C@@H]43)ccc2cc1N=[N+]=[N-]. The highest BCUT2D eigenvalue weighted by atomic mass is 32.2. The van der Waals surface area contributed by atoms with Crippen LogP contribution in [0.3, 0.4) is 0 Å². The molecule has 13 heteroatoms. The lowest BCUT2D eigenvalue weighted by Crippen LogP contribution is -2.36. The molecule has 42 heavy (non-hydrogen) atoms. The Kier molecular flexibility index (Phi) is 11.1. The fraction of sp³-hybridized carbons (Fsp3) is 0.448. The van der Waals surface area contributed by atoms with Crippen molar-refractivity contribution in [2.75, 3.05) is 32.1 Å². The van der Waals surface area contributed by atoms with E-state index >= 15 is 0 Å². The number of amides is 4. The van der Waals surface area contributed by atoms with E-state index in [1.54, 1.807) is 12.1 Å². The zero-order chi connectivity index (χ0) is 29.9. The normalized spacial score (nSPS) is 19.3. The lowest BCUT2D eigenvalue weighted by molar-refractivity contribution is -0.121. The highest BCUT2D eigenvalue weighted by Crippen LogP contribution is 2.35. The van der Waals surface area contributed by atoms with E-state index in [0.717, 1.165) is 46.9 Å². The monoisotopic (exact) mass is 590 g/mol. The van der Waals surface area contributed by atoms with Crippen LogP contribution in [-0.4, -0.2) is 67.2 Å². The van der Waals surface area contributed by atoms with E-state index in [-0.39, 0.29) is 41.3 Å². The van der Waals surface area contributed by atoms with E-state index < -0.39 is 0 Å². The van der Waals surface area contributed by atoms with Crippen LogP contribution in [-0.2, 0) is 14.3 Å². The molecule has 2 fully saturated rings. The minimum absolute atomic E-state index is 0.00424. The van der Waals surface area contributed by atoms with E-state index in [1.165, 1.54) is 6.08 Å².